The van der Waals surface area contributed by atoms with Gasteiger partial charge in [0.1, 0.15) is 5.60 Å². The predicted molar refractivity (Wildman–Crippen MR) is 89.4 cm³/mol. The second-order valence-electron chi connectivity index (χ2n) is 6.80. The lowest BCUT2D eigenvalue weighted by Crippen LogP contribution is -2.41. The third-order valence-electron chi connectivity index (χ3n) is 3.88. The molecule has 1 aliphatic heterocycles. The molecule has 0 bridgehead atoms. The summed E-state index contributed by atoms with van der Waals surface area (Å²) in [5.74, 6) is 0.538. The van der Waals surface area contributed by atoms with E-state index in [1.807, 2.05) is 49.4 Å². The van der Waals surface area contributed by atoms with Gasteiger partial charge in [-0.2, -0.15) is 0 Å². The van der Waals surface area contributed by atoms with Gasteiger partial charge in [-0.15, -0.1) is 11.3 Å². The number of amides is 1. The van der Waals surface area contributed by atoms with Gasteiger partial charge in [-0.05, 0) is 51.7 Å². The van der Waals surface area contributed by atoms with E-state index in [0.717, 1.165) is 25.9 Å². The molecule has 1 amide bonds. The summed E-state index contributed by atoms with van der Waals surface area (Å²) >= 11 is 1.85. The Morgan fingerprint density at radius 1 is 1.36 bits per heavy atom. The largest absolute Gasteiger partial charge is 0.444 e. The minimum atomic E-state index is -0.424. The first kappa shape index (κ1) is 15.3. The zero-order valence-corrected chi connectivity index (χ0v) is 14.2. The molecule has 0 unspecified atom stereocenters. The Morgan fingerprint density at radius 3 is 2.73 bits per heavy atom. The highest BCUT2D eigenvalue weighted by Gasteiger charge is 2.28. The summed E-state index contributed by atoms with van der Waals surface area (Å²) in [4.78, 5) is 19.5. The van der Waals surface area contributed by atoms with Crippen LogP contribution in [0.3, 0.4) is 0 Å². The minimum Gasteiger partial charge on any atom is -0.444 e. The number of ether oxygens (including phenoxy) is 1. The van der Waals surface area contributed by atoms with Crippen LogP contribution in [0.2, 0.25) is 0 Å². The molecule has 118 valence electrons. The van der Waals surface area contributed by atoms with Crippen LogP contribution in [0.25, 0.3) is 10.1 Å². The Bertz CT molecular complexity index is 634. The number of pyridine rings is 1. The molecule has 0 aliphatic carbocycles. The number of carbonyl (C=O) groups excluding carboxylic acids is 1. The highest BCUT2D eigenvalue weighted by Crippen LogP contribution is 2.36. The first-order valence-corrected chi connectivity index (χ1v) is 8.55. The van der Waals surface area contributed by atoms with Gasteiger partial charge in [0.2, 0.25) is 0 Å². The Labute approximate surface area is 135 Å². The highest BCUT2D eigenvalue weighted by molar-refractivity contribution is 7.19. The van der Waals surface area contributed by atoms with Crippen LogP contribution >= 0.6 is 11.3 Å². The molecule has 3 heterocycles. The number of likely N-dealkylation sites (tertiary alicyclic amines) is 1. The van der Waals surface area contributed by atoms with Crippen molar-refractivity contribution >= 4 is 27.5 Å². The molecule has 0 radical (unpaired) electrons. The number of carbonyl (C=O) groups is 1. The van der Waals surface area contributed by atoms with Gasteiger partial charge in [0.25, 0.3) is 0 Å². The Balaban J connectivity index is 1.63. The van der Waals surface area contributed by atoms with E-state index in [-0.39, 0.29) is 6.09 Å². The van der Waals surface area contributed by atoms with Crippen molar-refractivity contribution in [2.45, 2.75) is 45.1 Å². The summed E-state index contributed by atoms with van der Waals surface area (Å²) in [7, 11) is 0. The summed E-state index contributed by atoms with van der Waals surface area (Å²) in [5.41, 5.74) is -0.424. The fraction of sp³-hybridized carbons (Fsp3) is 0.529. The first-order chi connectivity index (χ1) is 10.4. The molecule has 1 saturated heterocycles. The average Bonchev–Trinajstić information content (AvgIpc) is 2.89. The Hall–Kier alpha value is -1.62. The molecule has 0 saturated carbocycles. The van der Waals surface area contributed by atoms with Crippen LogP contribution in [0.5, 0.6) is 0 Å². The van der Waals surface area contributed by atoms with Crippen LogP contribution in [0.1, 0.15) is 44.4 Å². The number of hydrogen-bond acceptors (Lipinski definition) is 4. The zero-order valence-electron chi connectivity index (χ0n) is 13.3. The lowest BCUT2D eigenvalue weighted by atomic mass is 9.95. The van der Waals surface area contributed by atoms with Crippen molar-refractivity contribution in [1.82, 2.24) is 9.88 Å². The lowest BCUT2D eigenvalue weighted by Gasteiger charge is -2.33. The molecule has 1 fully saturated rings. The molecule has 5 heteroatoms. The van der Waals surface area contributed by atoms with Crippen LogP contribution in [0.4, 0.5) is 4.79 Å². The number of thiophene rings is 1. The van der Waals surface area contributed by atoms with Crippen molar-refractivity contribution in [2.24, 2.45) is 0 Å². The summed E-state index contributed by atoms with van der Waals surface area (Å²) in [6.45, 7) is 7.26. The van der Waals surface area contributed by atoms with Crippen LogP contribution in [-0.2, 0) is 4.74 Å². The lowest BCUT2D eigenvalue weighted by molar-refractivity contribution is 0.0205. The van der Waals surface area contributed by atoms with Crippen molar-refractivity contribution in [3.63, 3.8) is 0 Å². The maximum absolute atomic E-state index is 12.1. The van der Waals surface area contributed by atoms with Gasteiger partial charge >= 0.3 is 6.09 Å². The fourth-order valence-electron chi connectivity index (χ4n) is 2.78. The minimum absolute atomic E-state index is 0.188. The quantitative estimate of drug-likeness (QED) is 0.782. The van der Waals surface area contributed by atoms with E-state index in [2.05, 4.69) is 17.1 Å². The predicted octanol–water partition coefficient (Wildman–Crippen LogP) is 4.41. The third kappa shape index (κ3) is 3.40. The normalized spacial score (nSPS) is 17.0. The number of rotatable bonds is 1. The van der Waals surface area contributed by atoms with E-state index in [1.54, 1.807) is 0 Å². The molecule has 0 spiro atoms. The van der Waals surface area contributed by atoms with E-state index < -0.39 is 5.60 Å². The summed E-state index contributed by atoms with van der Waals surface area (Å²) < 4.78 is 6.74. The maximum Gasteiger partial charge on any atom is 0.410 e. The molecular weight excluding hydrogens is 296 g/mol. The van der Waals surface area contributed by atoms with Crippen LogP contribution in [-0.4, -0.2) is 34.7 Å². The Kier molecular flexibility index (Phi) is 4.08. The monoisotopic (exact) mass is 318 g/mol. The first-order valence-electron chi connectivity index (χ1n) is 7.74. The van der Waals surface area contributed by atoms with Gasteiger partial charge in [-0.25, -0.2) is 4.79 Å². The molecule has 2 aromatic rings. The third-order valence-corrected chi connectivity index (χ3v) is 5.16. The molecule has 0 atom stereocenters. The van der Waals surface area contributed by atoms with E-state index in [0.29, 0.717) is 5.92 Å². The summed E-state index contributed by atoms with van der Waals surface area (Å²) in [6.07, 6.45) is 5.57. The molecule has 1 aliphatic rings. The van der Waals surface area contributed by atoms with E-state index >= 15 is 0 Å². The Morgan fingerprint density at radius 2 is 2.09 bits per heavy atom. The van der Waals surface area contributed by atoms with Gasteiger partial charge in [0, 0.05) is 40.4 Å². The van der Waals surface area contributed by atoms with Gasteiger partial charge < -0.3 is 9.64 Å². The number of nitrogens with zero attached hydrogens (tertiary/aromatic N) is 2. The van der Waals surface area contributed by atoms with Crippen molar-refractivity contribution < 1.29 is 9.53 Å². The van der Waals surface area contributed by atoms with Crippen molar-refractivity contribution in [3.8, 4) is 0 Å². The van der Waals surface area contributed by atoms with Crippen molar-refractivity contribution in [2.75, 3.05) is 13.1 Å². The molecule has 3 rings (SSSR count). The molecule has 0 aromatic carbocycles. The number of piperidine rings is 1. The SMILES string of the molecule is CC(C)(C)OC(=O)N1CCC(c2cc3cnccc3s2)CC1. The zero-order chi connectivity index (χ0) is 15.7. The molecule has 2 aromatic heterocycles. The molecule has 4 nitrogen and oxygen atoms in total. The van der Waals surface area contributed by atoms with Gasteiger partial charge in [0.05, 0.1) is 0 Å². The number of aromatic nitrogens is 1. The standard InChI is InChI=1S/C17H22N2O2S/c1-17(2,3)21-16(20)19-8-5-12(6-9-19)15-10-13-11-18-7-4-14(13)22-15/h4,7,10-12H,5-6,8-9H2,1-3H3. The second kappa shape index (κ2) is 5.88. The van der Waals surface area contributed by atoms with E-state index in [9.17, 15) is 4.79 Å². The molecule has 0 N–H and O–H groups in total. The fourth-order valence-corrected chi connectivity index (χ4v) is 3.98. The number of hydrogen-bond donors (Lipinski definition) is 0. The molecule has 22 heavy (non-hydrogen) atoms. The van der Waals surface area contributed by atoms with Gasteiger partial charge in [-0.1, -0.05) is 0 Å². The van der Waals surface area contributed by atoms with E-state index in [4.69, 9.17) is 4.74 Å². The second-order valence-corrected chi connectivity index (χ2v) is 7.92. The van der Waals surface area contributed by atoms with Crippen LogP contribution < -0.4 is 0 Å². The summed E-state index contributed by atoms with van der Waals surface area (Å²) in [6, 6.07) is 4.32. The average molecular weight is 318 g/mol. The highest BCUT2D eigenvalue weighted by atomic mass is 32.1. The van der Waals surface area contributed by atoms with Crippen molar-refractivity contribution in [1.29, 1.82) is 0 Å². The number of fused-ring (bicyclic) bond motifs is 1. The summed E-state index contributed by atoms with van der Waals surface area (Å²) in [5, 5.41) is 1.22. The van der Waals surface area contributed by atoms with Gasteiger partial charge in [0.15, 0.2) is 0 Å². The maximum atomic E-state index is 12.1. The van der Waals surface area contributed by atoms with Crippen LogP contribution in [0.15, 0.2) is 24.5 Å². The topological polar surface area (TPSA) is 42.4 Å². The van der Waals surface area contributed by atoms with Crippen LogP contribution in [0, 0.1) is 0 Å². The van der Waals surface area contributed by atoms with E-state index in [1.165, 1.54) is 15.0 Å². The molecular formula is C17H22N2O2S. The smallest absolute Gasteiger partial charge is 0.410 e. The van der Waals surface area contributed by atoms with Crippen molar-refractivity contribution in [3.05, 3.63) is 29.4 Å². The van der Waals surface area contributed by atoms with Gasteiger partial charge in [-0.3, -0.25) is 4.98 Å².